The Bertz CT molecular complexity index is 927. The molecule has 1 heterocycles. The number of esters is 1. The summed E-state index contributed by atoms with van der Waals surface area (Å²) in [6.45, 7) is 0. The number of carbonyl (C=O) groups excluding carboxylic acids is 1. The Morgan fingerprint density at radius 2 is 1.86 bits per heavy atom. The number of rotatable bonds is 2. The van der Waals surface area contributed by atoms with E-state index in [9.17, 15) is 9.59 Å². The molecule has 3 rings (SSSR count). The highest BCUT2D eigenvalue weighted by Crippen LogP contribution is 2.27. The smallest absolute Gasteiger partial charge is 0.338 e. The molecule has 0 radical (unpaired) electrons. The van der Waals surface area contributed by atoms with Gasteiger partial charge in [0.1, 0.15) is 5.58 Å². The largest absolute Gasteiger partial charge is 0.465 e. The molecule has 0 aliphatic carbocycles. The molecule has 0 saturated carbocycles. The van der Waals surface area contributed by atoms with Gasteiger partial charge >= 0.3 is 11.6 Å². The first kappa shape index (κ1) is 13.9. The molecule has 0 spiro atoms. The monoisotopic (exact) mass is 295 g/mol. The molecule has 5 heteroatoms. The average Bonchev–Trinajstić information content (AvgIpc) is 2.53. The Balaban J connectivity index is 2.26. The third kappa shape index (κ3) is 2.44. The highest BCUT2D eigenvalue weighted by molar-refractivity contribution is 6.03. The number of fused-ring (bicyclic) bond motifs is 1. The van der Waals surface area contributed by atoms with Gasteiger partial charge in [-0.3, -0.25) is 0 Å². The SMILES string of the molecule is COC(=O)c1cc(=O)oc2ccc(-c3cccc(N)c3)cc12. The Labute approximate surface area is 125 Å². The summed E-state index contributed by atoms with van der Waals surface area (Å²) in [6, 6.07) is 13.8. The summed E-state index contributed by atoms with van der Waals surface area (Å²) in [7, 11) is 1.27. The lowest BCUT2D eigenvalue weighted by Crippen LogP contribution is -2.08. The highest BCUT2D eigenvalue weighted by atomic mass is 16.5. The van der Waals surface area contributed by atoms with Crippen LogP contribution in [-0.2, 0) is 4.74 Å². The number of hydrogen-bond donors (Lipinski definition) is 1. The van der Waals surface area contributed by atoms with E-state index in [1.807, 2.05) is 18.2 Å². The first-order chi connectivity index (χ1) is 10.6. The molecule has 0 fully saturated rings. The number of methoxy groups -OCH3 is 1. The molecule has 2 aromatic carbocycles. The Hall–Kier alpha value is -3.08. The zero-order chi connectivity index (χ0) is 15.7. The van der Waals surface area contributed by atoms with E-state index in [2.05, 4.69) is 0 Å². The van der Waals surface area contributed by atoms with Crippen molar-refractivity contribution in [3.8, 4) is 11.1 Å². The molecule has 0 aliphatic rings. The number of ether oxygens (including phenoxy) is 1. The number of benzene rings is 2. The van der Waals surface area contributed by atoms with Crippen LogP contribution >= 0.6 is 0 Å². The lowest BCUT2D eigenvalue weighted by molar-refractivity contribution is 0.0602. The van der Waals surface area contributed by atoms with Crippen LogP contribution < -0.4 is 11.4 Å². The van der Waals surface area contributed by atoms with Crippen LogP contribution in [0.15, 0.2) is 57.7 Å². The van der Waals surface area contributed by atoms with Crippen LogP contribution in [0, 0.1) is 0 Å². The zero-order valence-corrected chi connectivity index (χ0v) is 11.8. The third-order valence-corrected chi connectivity index (χ3v) is 3.37. The molecule has 0 saturated heterocycles. The lowest BCUT2D eigenvalue weighted by atomic mass is 10.0. The van der Waals surface area contributed by atoms with Gasteiger partial charge < -0.3 is 14.9 Å². The fraction of sp³-hybridized carbons (Fsp3) is 0.0588. The summed E-state index contributed by atoms with van der Waals surface area (Å²) >= 11 is 0. The van der Waals surface area contributed by atoms with Crippen LogP contribution in [0.25, 0.3) is 22.1 Å². The predicted octanol–water partition coefficient (Wildman–Crippen LogP) is 2.83. The van der Waals surface area contributed by atoms with Crippen LogP contribution in [0.5, 0.6) is 0 Å². The Kier molecular flexibility index (Phi) is 3.39. The van der Waals surface area contributed by atoms with Gasteiger partial charge in [0.25, 0.3) is 0 Å². The van der Waals surface area contributed by atoms with Crippen molar-refractivity contribution in [2.75, 3.05) is 12.8 Å². The fourth-order valence-electron chi connectivity index (χ4n) is 2.34. The van der Waals surface area contributed by atoms with Crippen molar-refractivity contribution in [1.29, 1.82) is 0 Å². The Morgan fingerprint density at radius 1 is 1.09 bits per heavy atom. The van der Waals surface area contributed by atoms with E-state index in [-0.39, 0.29) is 5.56 Å². The van der Waals surface area contributed by atoms with E-state index in [0.717, 1.165) is 17.2 Å². The molecule has 3 aromatic rings. The molecule has 110 valence electrons. The van der Waals surface area contributed by atoms with Gasteiger partial charge in [-0.15, -0.1) is 0 Å². The zero-order valence-electron chi connectivity index (χ0n) is 11.8. The lowest BCUT2D eigenvalue weighted by Gasteiger charge is -2.07. The van der Waals surface area contributed by atoms with E-state index >= 15 is 0 Å². The van der Waals surface area contributed by atoms with Gasteiger partial charge in [-0.25, -0.2) is 9.59 Å². The van der Waals surface area contributed by atoms with Crippen LogP contribution in [0.3, 0.4) is 0 Å². The molecule has 0 atom stereocenters. The first-order valence-corrected chi connectivity index (χ1v) is 6.60. The quantitative estimate of drug-likeness (QED) is 0.446. The summed E-state index contributed by atoms with van der Waals surface area (Å²) < 4.78 is 9.85. The van der Waals surface area contributed by atoms with Gasteiger partial charge in [0.15, 0.2) is 0 Å². The van der Waals surface area contributed by atoms with Crippen LogP contribution in [0.4, 0.5) is 5.69 Å². The topological polar surface area (TPSA) is 82.5 Å². The van der Waals surface area contributed by atoms with E-state index < -0.39 is 11.6 Å². The van der Waals surface area contributed by atoms with Crippen molar-refractivity contribution in [3.63, 3.8) is 0 Å². The summed E-state index contributed by atoms with van der Waals surface area (Å²) in [4.78, 5) is 23.4. The maximum atomic E-state index is 11.9. The van der Waals surface area contributed by atoms with Crippen LogP contribution in [0.1, 0.15) is 10.4 Å². The van der Waals surface area contributed by atoms with Crippen molar-refractivity contribution in [1.82, 2.24) is 0 Å². The van der Waals surface area contributed by atoms with Gasteiger partial charge in [-0.1, -0.05) is 18.2 Å². The van der Waals surface area contributed by atoms with Gasteiger partial charge in [-0.05, 0) is 35.4 Å². The van der Waals surface area contributed by atoms with E-state index in [0.29, 0.717) is 16.7 Å². The second-order valence-electron chi connectivity index (χ2n) is 4.81. The highest BCUT2D eigenvalue weighted by Gasteiger charge is 2.14. The molecule has 0 bridgehead atoms. The molecule has 2 N–H and O–H groups in total. The number of anilines is 1. The molecule has 0 aliphatic heterocycles. The second kappa shape index (κ2) is 5.37. The van der Waals surface area contributed by atoms with E-state index in [1.54, 1.807) is 24.3 Å². The second-order valence-corrected chi connectivity index (χ2v) is 4.81. The molecule has 22 heavy (non-hydrogen) atoms. The van der Waals surface area contributed by atoms with Gasteiger partial charge in [-0.2, -0.15) is 0 Å². The number of hydrogen-bond acceptors (Lipinski definition) is 5. The number of nitrogens with two attached hydrogens (primary N) is 1. The van der Waals surface area contributed by atoms with Crippen molar-refractivity contribution in [2.24, 2.45) is 0 Å². The van der Waals surface area contributed by atoms with E-state index in [1.165, 1.54) is 7.11 Å². The summed E-state index contributed by atoms with van der Waals surface area (Å²) in [5.74, 6) is -0.581. The first-order valence-electron chi connectivity index (χ1n) is 6.60. The third-order valence-electron chi connectivity index (χ3n) is 3.37. The standard InChI is InChI=1S/C17H13NO4/c1-21-17(20)14-9-16(19)22-15-6-5-11(8-13(14)15)10-3-2-4-12(18)7-10/h2-9H,18H2,1H3. The minimum Gasteiger partial charge on any atom is -0.465 e. The molecule has 5 nitrogen and oxygen atoms in total. The molecule has 1 aromatic heterocycles. The predicted molar refractivity (Wildman–Crippen MR) is 83.7 cm³/mol. The van der Waals surface area contributed by atoms with Gasteiger partial charge in [0, 0.05) is 17.1 Å². The normalized spacial score (nSPS) is 10.6. The van der Waals surface area contributed by atoms with Crippen molar-refractivity contribution in [2.45, 2.75) is 0 Å². The molecular weight excluding hydrogens is 282 g/mol. The van der Waals surface area contributed by atoms with Crippen molar-refractivity contribution < 1.29 is 13.9 Å². The van der Waals surface area contributed by atoms with Gasteiger partial charge in [0.05, 0.1) is 12.7 Å². The van der Waals surface area contributed by atoms with Crippen LogP contribution in [0.2, 0.25) is 0 Å². The number of carbonyl (C=O) groups is 1. The molecule has 0 amide bonds. The van der Waals surface area contributed by atoms with Gasteiger partial charge in [0.2, 0.25) is 0 Å². The molecular formula is C17H13NO4. The number of nitrogen functional groups attached to an aromatic ring is 1. The minimum atomic E-state index is -0.593. The summed E-state index contributed by atoms with van der Waals surface area (Å²) in [6.07, 6.45) is 0. The fourth-order valence-corrected chi connectivity index (χ4v) is 2.34. The maximum Gasteiger partial charge on any atom is 0.338 e. The van der Waals surface area contributed by atoms with Crippen molar-refractivity contribution in [3.05, 3.63) is 64.5 Å². The summed E-state index contributed by atoms with van der Waals surface area (Å²) in [5.41, 5.74) is 8.13. The summed E-state index contributed by atoms with van der Waals surface area (Å²) in [5, 5.41) is 0.520. The van der Waals surface area contributed by atoms with E-state index in [4.69, 9.17) is 14.9 Å². The minimum absolute atomic E-state index is 0.180. The molecule has 0 unspecified atom stereocenters. The van der Waals surface area contributed by atoms with Crippen molar-refractivity contribution >= 4 is 22.6 Å². The Morgan fingerprint density at radius 3 is 2.59 bits per heavy atom. The van der Waals surface area contributed by atoms with Crippen LogP contribution in [-0.4, -0.2) is 13.1 Å². The average molecular weight is 295 g/mol. The maximum absolute atomic E-state index is 11.9.